The van der Waals surface area contributed by atoms with Crippen LogP contribution in [0.2, 0.25) is 0 Å². The van der Waals surface area contributed by atoms with Crippen molar-refractivity contribution in [3.05, 3.63) is 0 Å². The van der Waals surface area contributed by atoms with E-state index in [0.717, 1.165) is 30.3 Å². The number of hydrogen-bond donors (Lipinski definition) is 0. The van der Waals surface area contributed by atoms with Gasteiger partial charge in [0.2, 0.25) is 0 Å². The molecule has 0 spiro atoms. The lowest BCUT2D eigenvalue weighted by Crippen LogP contribution is -2.44. The van der Waals surface area contributed by atoms with E-state index in [4.69, 9.17) is 0 Å². The lowest BCUT2D eigenvalue weighted by Gasteiger charge is -2.34. The van der Waals surface area contributed by atoms with Crippen molar-refractivity contribution in [3.63, 3.8) is 0 Å². The van der Waals surface area contributed by atoms with E-state index < -0.39 is 0 Å². The summed E-state index contributed by atoms with van der Waals surface area (Å²) in [6, 6.07) is 0. The molecule has 19 heavy (non-hydrogen) atoms. The Balaban J connectivity index is 4.51. The van der Waals surface area contributed by atoms with Crippen LogP contribution in [-0.2, 0) is 0 Å². The maximum absolute atomic E-state index is 2.64. The minimum absolute atomic E-state index is 0.749. The summed E-state index contributed by atoms with van der Waals surface area (Å²) in [5, 5.41) is 0. The van der Waals surface area contributed by atoms with Crippen LogP contribution in [-0.4, -0.2) is 42.6 Å². The van der Waals surface area contributed by atoms with Gasteiger partial charge in [-0.25, -0.2) is 0 Å². The van der Waals surface area contributed by atoms with Crippen LogP contribution in [0.3, 0.4) is 0 Å². The Morgan fingerprint density at radius 2 is 0.684 bits per heavy atom. The second-order valence-corrected chi connectivity index (χ2v) is 7.79. The molecule has 2 nitrogen and oxygen atoms in total. The van der Waals surface area contributed by atoms with Gasteiger partial charge >= 0.3 is 0 Å². The molecule has 0 aromatic carbocycles. The Hall–Kier alpha value is -0.0800. The molecule has 0 N–H and O–H groups in total. The van der Waals surface area contributed by atoms with E-state index in [1.807, 2.05) is 0 Å². The van der Waals surface area contributed by atoms with Gasteiger partial charge in [0.05, 0.1) is 6.67 Å². The standard InChI is InChI=1S/C17H38N2/c1-14(2)9-18(10-15(3)4)13-19(11-16(5)6)12-17(7)8/h14-17H,9-13H2,1-8H3. The molecule has 0 rings (SSSR count). The maximum Gasteiger partial charge on any atom is 0.0506 e. The van der Waals surface area contributed by atoms with Crippen LogP contribution in [0.1, 0.15) is 55.4 Å². The maximum atomic E-state index is 2.64. The fraction of sp³-hybridized carbons (Fsp3) is 1.00. The number of hydrogen-bond acceptors (Lipinski definition) is 2. The van der Waals surface area contributed by atoms with Gasteiger partial charge in [-0.1, -0.05) is 55.4 Å². The van der Waals surface area contributed by atoms with Crippen molar-refractivity contribution in [1.29, 1.82) is 0 Å². The van der Waals surface area contributed by atoms with Crippen molar-refractivity contribution in [1.82, 2.24) is 9.80 Å². The average Bonchev–Trinajstić information content (AvgIpc) is 2.11. The van der Waals surface area contributed by atoms with E-state index in [1.165, 1.54) is 26.2 Å². The third-order valence-corrected chi connectivity index (χ3v) is 2.89. The van der Waals surface area contributed by atoms with Crippen molar-refractivity contribution < 1.29 is 0 Å². The van der Waals surface area contributed by atoms with Crippen LogP contribution in [0.4, 0.5) is 0 Å². The summed E-state index contributed by atoms with van der Waals surface area (Å²) in [4.78, 5) is 5.28. The van der Waals surface area contributed by atoms with Crippen LogP contribution >= 0.6 is 0 Å². The summed E-state index contributed by atoms with van der Waals surface area (Å²) >= 11 is 0. The molecule has 0 saturated carbocycles. The van der Waals surface area contributed by atoms with E-state index in [2.05, 4.69) is 65.2 Å². The van der Waals surface area contributed by atoms with Gasteiger partial charge in [-0.05, 0) is 23.7 Å². The van der Waals surface area contributed by atoms with Crippen LogP contribution in [0.5, 0.6) is 0 Å². The predicted octanol–water partition coefficient (Wildman–Crippen LogP) is 4.17. The second kappa shape index (κ2) is 9.77. The monoisotopic (exact) mass is 270 g/mol. The third-order valence-electron chi connectivity index (χ3n) is 2.89. The van der Waals surface area contributed by atoms with E-state index >= 15 is 0 Å². The van der Waals surface area contributed by atoms with Crippen LogP contribution in [0.15, 0.2) is 0 Å². The summed E-state index contributed by atoms with van der Waals surface area (Å²) in [6.07, 6.45) is 0. The van der Waals surface area contributed by atoms with Gasteiger partial charge in [-0.2, -0.15) is 0 Å². The SMILES string of the molecule is CC(C)CN(CC(C)C)CN(CC(C)C)CC(C)C. The van der Waals surface area contributed by atoms with Crippen LogP contribution in [0, 0.1) is 23.7 Å². The number of rotatable bonds is 10. The van der Waals surface area contributed by atoms with Crippen molar-refractivity contribution in [2.24, 2.45) is 23.7 Å². The fourth-order valence-corrected chi connectivity index (χ4v) is 2.73. The first kappa shape index (κ1) is 18.9. The third kappa shape index (κ3) is 11.4. The molecule has 0 heterocycles. The Kier molecular flexibility index (Phi) is 9.72. The topological polar surface area (TPSA) is 6.48 Å². The largest absolute Gasteiger partial charge is 0.290 e. The molecule has 0 saturated heterocycles. The smallest absolute Gasteiger partial charge is 0.0506 e. The second-order valence-electron chi connectivity index (χ2n) is 7.79. The Labute approximate surface area is 122 Å². The molecule has 0 aliphatic heterocycles. The Morgan fingerprint density at radius 1 is 0.474 bits per heavy atom. The van der Waals surface area contributed by atoms with Gasteiger partial charge in [0.15, 0.2) is 0 Å². The molecule has 116 valence electrons. The van der Waals surface area contributed by atoms with Crippen molar-refractivity contribution in [3.8, 4) is 0 Å². The molecule has 0 aromatic rings. The van der Waals surface area contributed by atoms with Crippen molar-refractivity contribution in [2.45, 2.75) is 55.4 Å². The molecule has 0 unspecified atom stereocenters. The minimum Gasteiger partial charge on any atom is -0.290 e. The van der Waals surface area contributed by atoms with Gasteiger partial charge in [0.1, 0.15) is 0 Å². The lowest BCUT2D eigenvalue weighted by molar-refractivity contribution is 0.0909. The highest BCUT2D eigenvalue weighted by Crippen LogP contribution is 2.09. The lowest BCUT2D eigenvalue weighted by atomic mass is 10.1. The molecule has 0 radical (unpaired) electrons. The zero-order chi connectivity index (χ0) is 15.0. The fourth-order valence-electron chi connectivity index (χ4n) is 2.73. The normalized spacial score (nSPS) is 12.9. The van der Waals surface area contributed by atoms with E-state index in [0.29, 0.717) is 0 Å². The van der Waals surface area contributed by atoms with Gasteiger partial charge in [-0.15, -0.1) is 0 Å². The molecule has 2 heteroatoms. The predicted molar refractivity (Wildman–Crippen MR) is 87.4 cm³/mol. The highest BCUT2D eigenvalue weighted by atomic mass is 15.3. The summed E-state index contributed by atoms with van der Waals surface area (Å²) in [5.74, 6) is 3.00. The van der Waals surface area contributed by atoms with Gasteiger partial charge in [0, 0.05) is 26.2 Å². The first-order valence-corrected chi connectivity index (χ1v) is 8.15. The van der Waals surface area contributed by atoms with Crippen LogP contribution < -0.4 is 0 Å². The average molecular weight is 271 g/mol. The van der Waals surface area contributed by atoms with E-state index in [9.17, 15) is 0 Å². The molecular weight excluding hydrogens is 232 g/mol. The van der Waals surface area contributed by atoms with Crippen LogP contribution in [0.25, 0.3) is 0 Å². The molecule has 0 aliphatic carbocycles. The molecule has 0 fully saturated rings. The first-order valence-electron chi connectivity index (χ1n) is 8.15. The van der Waals surface area contributed by atoms with Gasteiger partial charge in [-0.3, -0.25) is 9.80 Å². The molecule has 0 atom stereocenters. The van der Waals surface area contributed by atoms with E-state index in [-0.39, 0.29) is 0 Å². The highest BCUT2D eigenvalue weighted by molar-refractivity contribution is 4.67. The Morgan fingerprint density at radius 3 is 0.842 bits per heavy atom. The summed E-state index contributed by atoms with van der Waals surface area (Å²) < 4.78 is 0. The highest BCUT2D eigenvalue weighted by Gasteiger charge is 2.16. The minimum atomic E-state index is 0.749. The summed E-state index contributed by atoms with van der Waals surface area (Å²) in [5.41, 5.74) is 0. The Bertz CT molecular complexity index is 167. The quantitative estimate of drug-likeness (QED) is 0.550. The molecule has 0 bridgehead atoms. The molecular formula is C17H38N2. The zero-order valence-corrected chi connectivity index (χ0v) is 14.7. The summed E-state index contributed by atoms with van der Waals surface area (Å²) in [7, 11) is 0. The van der Waals surface area contributed by atoms with Gasteiger partial charge in [0.25, 0.3) is 0 Å². The first-order chi connectivity index (χ1) is 8.70. The zero-order valence-electron chi connectivity index (χ0n) is 14.7. The van der Waals surface area contributed by atoms with Crippen molar-refractivity contribution in [2.75, 3.05) is 32.8 Å². The van der Waals surface area contributed by atoms with Crippen molar-refractivity contribution >= 4 is 0 Å². The van der Waals surface area contributed by atoms with Gasteiger partial charge < -0.3 is 0 Å². The summed E-state index contributed by atoms with van der Waals surface area (Å²) in [6.45, 7) is 24.6. The van der Waals surface area contributed by atoms with E-state index in [1.54, 1.807) is 0 Å². The molecule has 0 amide bonds. The molecule has 0 aliphatic rings. The molecule has 0 aromatic heterocycles. The number of nitrogens with zero attached hydrogens (tertiary/aromatic N) is 2.